The molecule has 1 aliphatic rings. The molecule has 4 rings (SSSR count). The molecule has 31 heavy (non-hydrogen) atoms. The monoisotopic (exact) mass is 418 g/mol. The van der Waals surface area contributed by atoms with E-state index in [0.29, 0.717) is 30.5 Å². The van der Waals surface area contributed by atoms with Crippen molar-refractivity contribution in [2.45, 2.75) is 13.5 Å². The highest BCUT2D eigenvalue weighted by atomic mass is 16.5. The lowest BCUT2D eigenvalue weighted by atomic mass is 10.1. The van der Waals surface area contributed by atoms with Gasteiger partial charge in [0.05, 0.1) is 33.1 Å². The molecule has 1 aliphatic heterocycles. The molecule has 0 radical (unpaired) electrons. The first-order valence-corrected chi connectivity index (χ1v) is 10.1. The van der Waals surface area contributed by atoms with Crippen LogP contribution in [0.3, 0.4) is 0 Å². The van der Waals surface area contributed by atoms with E-state index in [4.69, 9.17) is 19.9 Å². The van der Waals surface area contributed by atoms with Gasteiger partial charge in [0.1, 0.15) is 11.6 Å². The summed E-state index contributed by atoms with van der Waals surface area (Å²) in [5.41, 5.74) is 10.8. The number of nitrogens with zero attached hydrogens (tertiary/aromatic N) is 2. The Hall–Kier alpha value is -3.87. The van der Waals surface area contributed by atoms with E-state index in [1.54, 1.807) is 14.2 Å². The normalized spacial score (nSPS) is 12.3. The third-order valence-electron chi connectivity index (χ3n) is 5.04. The molecule has 0 saturated carbocycles. The predicted octanol–water partition coefficient (Wildman–Crippen LogP) is 4.81. The number of methoxy groups -OCH3 is 2. The molecule has 0 amide bonds. The summed E-state index contributed by atoms with van der Waals surface area (Å²) >= 11 is 0. The van der Waals surface area contributed by atoms with Crippen molar-refractivity contribution in [2.75, 3.05) is 36.8 Å². The van der Waals surface area contributed by atoms with Crippen molar-refractivity contribution in [3.8, 4) is 17.2 Å². The molecule has 3 N–H and O–H groups in total. The van der Waals surface area contributed by atoms with E-state index in [9.17, 15) is 0 Å². The van der Waals surface area contributed by atoms with Gasteiger partial charge in [-0.25, -0.2) is 4.98 Å². The fourth-order valence-corrected chi connectivity index (χ4v) is 3.58. The topological polar surface area (TPSA) is 81.9 Å². The first-order valence-electron chi connectivity index (χ1n) is 10.1. The fraction of sp³-hybridized carbons (Fsp3) is 0.208. The van der Waals surface area contributed by atoms with Gasteiger partial charge in [0, 0.05) is 47.0 Å². The van der Waals surface area contributed by atoms with Gasteiger partial charge in [-0.2, -0.15) is 0 Å². The molecule has 0 saturated heterocycles. The molecule has 2 heterocycles. The number of hydrogen-bond acceptors (Lipinski definition) is 7. The van der Waals surface area contributed by atoms with E-state index in [2.05, 4.69) is 15.2 Å². The lowest BCUT2D eigenvalue weighted by molar-refractivity contribution is 0.340. The Kier molecular flexibility index (Phi) is 5.84. The number of ether oxygens (including phenoxy) is 3. The van der Waals surface area contributed by atoms with E-state index in [-0.39, 0.29) is 0 Å². The molecule has 0 bridgehead atoms. The number of rotatable bonds is 7. The molecule has 7 heteroatoms. The Bertz CT molecular complexity index is 1110. The highest BCUT2D eigenvalue weighted by Gasteiger charge is 2.19. The second kappa shape index (κ2) is 8.87. The molecule has 2 aromatic carbocycles. The Morgan fingerprint density at radius 3 is 2.68 bits per heavy atom. The maximum atomic E-state index is 6.08. The molecule has 0 unspecified atom stereocenters. The molecule has 0 spiro atoms. The summed E-state index contributed by atoms with van der Waals surface area (Å²) in [4.78, 5) is 6.64. The lowest BCUT2D eigenvalue weighted by Gasteiger charge is -2.27. The van der Waals surface area contributed by atoms with Gasteiger partial charge < -0.3 is 30.2 Å². The smallest absolute Gasteiger partial charge is 0.162 e. The third kappa shape index (κ3) is 4.35. The Balaban J connectivity index is 1.65. The van der Waals surface area contributed by atoms with Crippen LogP contribution in [0.25, 0.3) is 6.08 Å². The maximum absolute atomic E-state index is 6.08. The summed E-state index contributed by atoms with van der Waals surface area (Å²) in [5, 5.41) is 3.48. The van der Waals surface area contributed by atoms with Gasteiger partial charge in [-0.05, 0) is 37.3 Å². The van der Waals surface area contributed by atoms with Crippen LogP contribution in [0.5, 0.6) is 17.2 Å². The van der Waals surface area contributed by atoms with E-state index in [1.165, 1.54) is 0 Å². The number of nitrogens with one attached hydrogen (secondary N) is 1. The van der Waals surface area contributed by atoms with Crippen LogP contribution in [-0.4, -0.2) is 25.8 Å². The average molecular weight is 418 g/mol. The molecular weight excluding hydrogens is 392 g/mol. The first kappa shape index (κ1) is 20.4. The molecule has 0 aliphatic carbocycles. The van der Waals surface area contributed by atoms with Crippen LogP contribution in [0.2, 0.25) is 0 Å². The Labute approximate surface area is 182 Å². The zero-order valence-corrected chi connectivity index (χ0v) is 17.9. The summed E-state index contributed by atoms with van der Waals surface area (Å²) in [6.07, 6.45) is 3.96. The zero-order chi connectivity index (χ0) is 21.8. The first-order chi connectivity index (χ1) is 15.1. The van der Waals surface area contributed by atoms with Crippen LogP contribution < -0.4 is 30.2 Å². The number of pyridine rings is 1. The van der Waals surface area contributed by atoms with Gasteiger partial charge in [0.2, 0.25) is 0 Å². The van der Waals surface area contributed by atoms with Gasteiger partial charge in [0.25, 0.3) is 0 Å². The van der Waals surface area contributed by atoms with Crippen LogP contribution in [0, 0.1) is 0 Å². The molecule has 160 valence electrons. The highest BCUT2D eigenvalue weighted by molar-refractivity contribution is 5.75. The van der Waals surface area contributed by atoms with Gasteiger partial charge >= 0.3 is 0 Å². The van der Waals surface area contributed by atoms with Gasteiger partial charge in [-0.3, -0.25) is 0 Å². The van der Waals surface area contributed by atoms with Crippen molar-refractivity contribution in [1.82, 2.24) is 4.98 Å². The van der Waals surface area contributed by atoms with Crippen LogP contribution >= 0.6 is 0 Å². The Morgan fingerprint density at radius 1 is 1.06 bits per heavy atom. The minimum absolute atomic E-state index is 0.464. The number of nitrogens with two attached hydrogens (primary N) is 1. The molecule has 1 aromatic heterocycles. The predicted molar refractivity (Wildman–Crippen MR) is 124 cm³/mol. The standard InChI is InChI=1S/C24H26N4O3/c1-4-31-18-7-5-6-16(12-18)26-21-14-24(25)27-20-10-11-28(15-19(20)21)17-8-9-22(29-2)23(13-17)30-3/h5-14H,4,15H2,1-3H3,(H3,25,26,27). The van der Waals surface area contributed by atoms with Crippen molar-refractivity contribution < 1.29 is 14.2 Å². The molecule has 0 atom stereocenters. The summed E-state index contributed by atoms with van der Waals surface area (Å²) in [5.74, 6) is 2.65. The number of hydrogen-bond donors (Lipinski definition) is 2. The molecular formula is C24H26N4O3. The minimum Gasteiger partial charge on any atom is -0.494 e. The minimum atomic E-state index is 0.464. The molecule has 0 fully saturated rings. The van der Waals surface area contributed by atoms with Crippen LogP contribution in [-0.2, 0) is 6.54 Å². The zero-order valence-electron chi connectivity index (χ0n) is 17.9. The van der Waals surface area contributed by atoms with Crippen molar-refractivity contribution >= 4 is 29.0 Å². The van der Waals surface area contributed by atoms with Crippen LogP contribution in [0.15, 0.2) is 54.7 Å². The third-order valence-corrected chi connectivity index (χ3v) is 5.04. The van der Waals surface area contributed by atoms with Gasteiger partial charge in [-0.1, -0.05) is 6.07 Å². The quantitative estimate of drug-likeness (QED) is 0.569. The van der Waals surface area contributed by atoms with Crippen molar-refractivity contribution in [1.29, 1.82) is 0 Å². The van der Waals surface area contributed by atoms with Crippen LogP contribution in [0.1, 0.15) is 18.2 Å². The van der Waals surface area contributed by atoms with Crippen LogP contribution in [0.4, 0.5) is 22.9 Å². The van der Waals surface area contributed by atoms with Gasteiger partial charge in [-0.15, -0.1) is 0 Å². The number of anilines is 4. The van der Waals surface area contributed by atoms with Gasteiger partial charge in [0.15, 0.2) is 11.5 Å². The number of aromatic nitrogens is 1. The number of nitrogen functional groups attached to an aromatic ring is 1. The van der Waals surface area contributed by atoms with E-state index >= 15 is 0 Å². The average Bonchev–Trinajstić information content (AvgIpc) is 2.79. The highest BCUT2D eigenvalue weighted by Crippen LogP contribution is 2.36. The SMILES string of the molecule is CCOc1cccc(Nc2cc(N)nc3c2CN(c2ccc(OC)c(OC)c2)C=C3)c1. The second-order valence-electron chi connectivity index (χ2n) is 7.03. The Morgan fingerprint density at radius 2 is 1.90 bits per heavy atom. The summed E-state index contributed by atoms with van der Waals surface area (Å²) in [6.45, 7) is 3.21. The molecule has 3 aromatic rings. The summed E-state index contributed by atoms with van der Waals surface area (Å²) in [6, 6.07) is 15.6. The van der Waals surface area contributed by atoms with Crippen molar-refractivity contribution in [2.24, 2.45) is 0 Å². The lowest BCUT2D eigenvalue weighted by Crippen LogP contribution is -2.21. The van der Waals surface area contributed by atoms with E-state index < -0.39 is 0 Å². The second-order valence-corrected chi connectivity index (χ2v) is 7.03. The number of fused-ring (bicyclic) bond motifs is 1. The van der Waals surface area contributed by atoms with Crippen molar-refractivity contribution in [3.63, 3.8) is 0 Å². The fourth-order valence-electron chi connectivity index (χ4n) is 3.58. The van der Waals surface area contributed by atoms with Crippen molar-refractivity contribution in [3.05, 3.63) is 66.0 Å². The molecule has 7 nitrogen and oxygen atoms in total. The van der Waals surface area contributed by atoms with E-state index in [0.717, 1.165) is 34.1 Å². The maximum Gasteiger partial charge on any atom is 0.162 e. The van der Waals surface area contributed by atoms with E-state index in [1.807, 2.05) is 67.7 Å². The summed E-state index contributed by atoms with van der Waals surface area (Å²) < 4.78 is 16.4. The largest absolute Gasteiger partial charge is 0.494 e. The summed E-state index contributed by atoms with van der Waals surface area (Å²) in [7, 11) is 3.26. The number of benzene rings is 2.